The van der Waals surface area contributed by atoms with Gasteiger partial charge in [0.15, 0.2) is 0 Å². The van der Waals surface area contributed by atoms with E-state index >= 15 is 0 Å². The van der Waals surface area contributed by atoms with Crippen molar-refractivity contribution in [3.05, 3.63) is 94.0 Å². The summed E-state index contributed by atoms with van der Waals surface area (Å²) in [4.78, 5) is 13.1. The number of hydrogen-bond acceptors (Lipinski definition) is 5. The van der Waals surface area contributed by atoms with E-state index < -0.39 is 32.5 Å². The highest BCUT2D eigenvalue weighted by Crippen LogP contribution is 2.22. The number of nitrogens with zero attached hydrogens (tertiary/aromatic N) is 2. The highest BCUT2D eigenvalue weighted by atomic mass is 35.5. The van der Waals surface area contributed by atoms with Gasteiger partial charge in [-0.3, -0.25) is 4.79 Å². The third-order valence-corrected chi connectivity index (χ3v) is 10.6. The number of nitrogens with one attached hydrogen (secondary N) is 1. The molecule has 1 heterocycles. The van der Waals surface area contributed by atoms with Gasteiger partial charge < -0.3 is 5.32 Å². The highest BCUT2D eigenvalue weighted by Gasteiger charge is 2.28. The lowest BCUT2D eigenvalue weighted by atomic mass is 10.2. The van der Waals surface area contributed by atoms with E-state index in [0.29, 0.717) is 34.3 Å². The van der Waals surface area contributed by atoms with Crippen molar-refractivity contribution in [1.82, 2.24) is 13.9 Å². The molecule has 3 aromatic carbocycles. The van der Waals surface area contributed by atoms with Gasteiger partial charge in [0.1, 0.15) is 0 Å². The lowest BCUT2D eigenvalue weighted by molar-refractivity contribution is -0.121. The van der Waals surface area contributed by atoms with E-state index in [1.807, 2.05) is 0 Å². The van der Waals surface area contributed by atoms with Gasteiger partial charge in [-0.05, 0) is 72.5 Å². The normalized spacial score (nSPS) is 14.8. The fourth-order valence-corrected chi connectivity index (χ4v) is 7.38. The SMILES string of the molecule is O=C(CN(Cc1ccc(Cl)cc1)S(=O)(=O)c1ccc(Cl)cc1)NCc1ccc(S(=O)(=O)N2CCCCC2)cc1. The Morgan fingerprint density at radius 3 is 1.85 bits per heavy atom. The lowest BCUT2D eigenvalue weighted by Gasteiger charge is -2.25. The zero-order valence-corrected chi connectivity index (χ0v) is 24.2. The topological polar surface area (TPSA) is 104 Å². The Morgan fingerprint density at radius 2 is 1.26 bits per heavy atom. The predicted octanol–water partition coefficient (Wildman–Crippen LogP) is 4.68. The minimum absolute atomic E-state index is 0.0131. The molecule has 12 heteroatoms. The van der Waals surface area contributed by atoms with Crippen LogP contribution in [0.15, 0.2) is 82.6 Å². The zero-order valence-electron chi connectivity index (χ0n) is 21.1. The predicted molar refractivity (Wildman–Crippen MR) is 151 cm³/mol. The van der Waals surface area contributed by atoms with Crippen LogP contribution in [0, 0.1) is 0 Å². The number of amides is 1. The summed E-state index contributed by atoms with van der Waals surface area (Å²) in [7, 11) is -7.58. The summed E-state index contributed by atoms with van der Waals surface area (Å²) >= 11 is 11.9. The highest BCUT2D eigenvalue weighted by molar-refractivity contribution is 7.89. The third kappa shape index (κ3) is 7.59. The van der Waals surface area contributed by atoms with Crippen molar-refractivity contribution in [3.63, 3.8) is 0 Å². The monoisotopic (exact) mass is 609 g/mol. The smallest absolute Gasteiger partial charge is 0.243 e. The molecule has 8 nitrogen and oxygen atoms in total. The number of rotatable bonds is 10. The van der Waals surface area contributed by atoms with Gasteiger partial charge in [-0.2, -0.15) is 8.61 Å². The van der Waals surface area contributed by atoms with E-state index in [-0.39, 0.29) is 22.9 Å². The van der Waals surface area contributed by atoms with Crippen LogP contribution in [-0.4, -0.2) is 51.0 Å². The van der Waals surface area contributed by atoms with Crippen LogP contribution in [0.25, 0.3) is 0 Å². The third-order valence-electron chi connectivity index (χ3n) is 6.41. The fourth-order valence-electron chi connectivity index (χ4n) is 4.23. The van der Waals surface area contributed by atoms with Gasteiger partial charge in [0, 0.05) is 36.2 Å². The molecule has 0 spiro atoms. The molecule has 1 aliphatic rings. The molecule has 0 saturated carbocycles. The van der Waals surface area contributed by atoms with Crippen molar-refractivity contribution in [2.75, 3.05) is 19.6 Å². The van der Waals surface area contributed by atoms with Crippen LogP contribution in [-0.2, 0) is 37.9 Å². The van der Waals surface area contributed by atoms with Crippen LogP contribution in [0.4, 0.5) is 0 Å². The molecule has 0 bridgehead atoms. The minimum Gasteiger partial charge on any atom is -0.351 e. The van der Waals surface area contributed by atoms with Crippen molar-refractivity contribution in [3.8, 4) is 0 Å². The second kappa shape index (κ2) is 12.8. The summed E-state index contributed by atoms with van der Waals surface area (Å²) in [5, 5.41) is 3.64. The maximum absolute atomic E-state index is 13.4. The molecule has 1 amide bonds. The standard InChI is InChI=1S/C27H29Cl2N3O5S2/c28-23-8-4-22(5-9-23)19-32(39(36,37)26-14-10-24(29)11-15-26)20-27(33)30-18-21-6-12-25(13-7-21)38(34,35)31-16-2-1-3-17-31/h4-15H,1-3,16-20H2,(H,30,33). The maximum atomic E-state index is 13.4. The summed E-state index contributed by atoms with van der Waals surface area (Å²) in [6, 6.07) is 18.8. The van der Waals surface area contributed by atoms with E-state index in [9.17, 15) is 21.6 Å². The fraction of sp³-hybridized carbons (Fsp3) is 0.296. The van der Waals surface area contributed by atoms with Crippen LogP contribution >= 0.6 is 23.2 Å². The number of carbonyl (C=O) groups is 1. The van der Waals surface area contributed by atoms with Crippen LogP contribution < -0.4 is 5.32 Å². The molecule has 208 valence electrons. The van der Waals surface area contributed by atoms with E-state index in [1.54, 1.807) is 36.4 Å². The Bertz CT molecular complexity index is 1490. The van der Waals surface area contributed by atoms with Gasteiger partial charge in [-0.25, -0.2) is 16.8 Å². The first-order valence-corrected chi connectivity index (χ1v) is 16.1. The molecule has 1 fully saturated rings. The summed E-state index contributed by atoms with van der Waals surface area (Å²) in [6.45, 7) is 0.684. The molecule has 0 radical (unpaired) electrons. The number of benzene rings is 3. The van der Waals surface area contributed by atoms with Crippen molar-refractivity contribution < 1.29 is 21.6 Å². The van der Waals surface area contributed by atoms with Crippen LogP contribution in [0.3, 0.4) is 0 Å². The molecule has 0 unspecified atom stereocenters. The molecule has 0 atom stereocenters. The van der Waals surface area contributed by atoms with Crippen LogP contribution in [0.1, 0.15) is 30.4 Å². The summed E-state index contributed by atoms with van der Waals surface area (Å²) in [5.74, 6) is -0.508. The molecule has 3 aromatic rings. The molecule has 1 N–H and O–H groups in total. The van der Waals surface area contributed by atoms with Gasteiger partial charge in [-0.1, -0.05) is 53.9 Å². The van der Waals surface area contributed by atoms with E-state index in [4.69, 9.17) is 23.2 Å². The van der Waals surface area contributed by atoms with Crippen molar-refractivity contribution in [2.45, 2.75) is 42.1 Å². The largest absolute Gasteiger partial charge is 0.351 e. The number of carbonyl (C=O) groups excluding carboxylic acids is 1. The maximum Gasteiger partial charge on any atom is 0.243 e. The van der Waals surface area contributed by atoms with Gasteiger partial charge in [0.2, 0.25) is 26.0 Å². The Labute approximate surface area is 239 Å². The van der Waals surface area contributed by atoms with Gasteiger partial charge >= 0.3 is 0 Å². The Morgan fingerprint density at radius 1 is 0.744 bits per heavy atom. The molecule has 0 aliphatic carbocycles. The average Bonchev–Trinajstić information content (AvgIpc) is 2.93. The van der Waals surface area contributed by atoms with E-state index in [0.717, 1.165) is 23.6 Å². The zero-order chi connectivity index (χ0) is 28.0. The molecule has 1 aliphatic heterocycles. The first-order valence-electron chi connectivity index (χ1n) is 12.4. The minimum atomic E-state index is -4.03. The Balaban J connectivity index is 1.44. The van der Waals surface area contributed by atoms with Gasteiger partial charge in [-0.15, -0.1) is 0 Å². The summed E-state index contributed by atoms with van der Waals surface area (Å²) in [6.07, 6.45) is 2.74. The number of hydrogen-bond donors (Lipinski definition) is 1. The Kier molecular flexibility index (Phi) is 9.69. The van der Waals surface area contributed by atoms with E-state index in [1.165, 1.54) is 40.7 Å². The molecule has 0 aromatic heterocycles. The first-order chi connectivity index (χ1) is 18.6. The molecular formula is C27H29Cl2N3O5S2. The Hall–Kier alpha value is -2.47. The lowest BCUT2D eigenvalue weighted by Crippen LogP contribution is -2.40. The number of sulfonamides is 2. The van der Waals surface area contributed by atoms with Crippen LogP contribution in [0.2, 0.25) is 10.0 Å². The van der Waals surface area contributed by atoms with Crippen LogP contribution in [0.5, 0.6) is 0 Å². The number of halogens is 2. The second-order valence-corrected chi connectivity index (χ2v) is 14.0. The quantitative estimate of drug-likeness (QED) is 0.359. The van der Waals surface area contributed by atoms with Crippen molar-refractivity contribution >= 4 is 49.2 Å². The summed E-state index contributed by atoms with van der Waals surface area (Å²) in [5.41, 5.74) is 1.35. The molecule has 39 heavy (non-hydrogen) atoms. The first kappa shape index (κ1) is 29.5. The van der Waals surface area contributed by atoms with Crippen molar-refractivity contribution in [2.24, 2.45) is 0 Å². The molecular weight excluding hydrogens is 581 g/mol. The molecule has 4 rings (SSSR count). The van der Waals surface area contributed by atoms with Crippen molar-refractivity contribution in [1.29, 1.82) is 0 Å². The average molecular weight is 611 g/mol. The number of piperidine rings is 1. The second-order valence-electron chi connectivity index (χ2n) is 9.24. The van der Waals surface area contributed by atoms with Gasteiger partial charge in [0.05, 0.1) is 16.3 Å². The molecule has 1 saturated heterocycles. The summed E-state index contributed by atoms with van der Waals surface area (Å²) < 4.78 is 55.1. The van der Waals surface area contributed by atoms with Gasteiger partial charge in [0.25, 0.3) is 0 Å². The van der Waals surface area contributed by atoms with E-state index in [2.05, 4.69) is 5.32 Å².